The summed E-state index contributed by atoms with van der Waals surface area (Å²) >= 11 is 1.47. The van der Waals surface area contributed by atoms with Crippen LogP contribution in [0, 0.1) is 11.6 Å². The summed E-state index contributed by atoms with van der Waals surface area (Å²) in [6.07, 6.45) is 0.328. The minimum absolute atomic E-state index is 0.0732. The van der Waals surface area contributed by atoms with Crippen LogP contribution in [0.2, 0.25) is 0 Å². The predicted molar refractivity (Wildman–Crippen MR) is 92.2 cm³/mol. The fourth-order valence-electron chi connectivity index (χ4n) is 2.37. The average molecular weight is 384 g/mol. The standard InChI is InChI=1S/C16H14F2N2O3S2/c1-9-6-16(21)19-14-8-11(3-5-15(14)24-9)25(22,23)20-10-2-4-12(17)13(18)7-10/h2-5,7-9,20H,6H2,1H3,(H,19,21). The number of anilines is 2. The Balaban J connectivity index is 1.92. The van der Waals surface area contributed by atoms with Gasteiger partial charge in [-0.1, -0.05) is 6.92 Å². The van der Waals surface area contributed by atoms with Gasteiger partial charge in [0, 0.05) is 22.6 Å². The lowest BCUT2D eigenvalue weighted by atomic mass is 10.3. The number of amides is 1. The lowest BCUT2D eigenvalue weighted by Crippen LogP contribution is -2.15. The first-order valence-corrected chi connectivity index (χ1v) is 9.69. The normalized spacial score (nSPS) is 17.4. The summed E-state index contributed by atoms with van der Waals surface area (Å²) < 4.78 is 53.3. The second kappa shape index (κ2) is 6.64. The van der Waals surface area contributed by atoms with E-state index in [-0.39, 0.29) is 21.7 Å². The quantitative estimate of drug-likeness (QED) is 0.848. The number of nitrogens with one attached hydrogen (secondary N) is 2. The van der Waals surface area contributed by atoms with Crippen LogP contribution in [0.15, 0.2) is 46.2 Å². The van der Waals surface area contributed by atoms with Gasteiger partial charge in [0.05, 0.1) is 16.3 Å². The molecular formula is C16H14F2N2O3S2. The third-order valence-corrected chi connectivity index (χ3v) is 6.07. The maximum atomic E-state index is 13.2. The van der Waals surface area contributed by atoms with Gasteiger partial charge in [0.25, 0.3) is 10.0 Å². The molecule has 0 aromatic heterocycles. The zero-order chi connectivity index (χ0) is 18.2. The number of sulfonamides is 1. The molecule has 0 bridgehead atoms. The average Bonchev–Trinajstić information content (AvgIpc) is 2.66. The minimum atomic E-state index is -4.02. The Bertz CT molecular complexity index is 948. The summed E-state index contributed by atoms with van der Waals surface area (Å²) in [7, 11) is -4.02. The smallest absolute Gasteiger partial charge is 0.261 e. The van der Waals surface area contributed by atoms with Crippen molar-refractivity contribution in [3.05, 3.63) is 48.0 Å². The molecule has 25 heavy (non-hydrogen) atoms. The molecule has 0 radical (unpaired) electrons. The Morgan fingerprint density at radius 1 is 1.16 bits per heavy atom. The molecule has 0 saturated heterocycles. The molecule has 5 nitrogen and oxygen atoms in total. The highest BCUT2D eigenvalue weighted by atomic mass is 32.2. The van der Waals surface area contributed by atoms with Gasteiger partial charge in [-0.05, 0) is 30.3 Å². The Kier molecular flexibility index (Phi) is 4.70. The van der Waals surface area contributed by atoms with Crippen molar-refractivity contribution in [2.24, 2.45) is 0 Å². The van der Waals surface area contributed by atoms with Crippen molar-refractivity contribution in [1.82, 2.24) is 0 Å². The first-order valence-electron chi connectivity index (χ1n) is 7.33. The minimum Gasteiger partial charge on any atom is -0.325 e. The van der Waals surface area contributed by atoms with E-state index in [9.17, 15) is 22.0 Å². The van der Waals surface area contributed by atoms with Gasteiger partial charge in [0.1, 0.15) is 0 Å². The number of halogens is 2. The first kappa shape index (κ1) is 17.7. The van der Waals surface area contributed by atoms with Gasteiger partial charge in [-0.15, -0.1) is 11.8 Å². The zero-order valence-corrected chi connectivity index (χ0v) is 14.7. The molecule has 1 amide bonds. The molecule has 9 heteroatoms. The van der Waals surface area contributed by atoms with Crippen molar-refractivity contribution < 1.29 is 22.0 Å². The topological polar surface area (TPSA) is 75.3 Å². The highest BCUT2D eigenvalue weighted by molar-refractivity contribution is 8.00. The lowest BCUT2D eigenvalue weighted by molar-refractivity contribution is -0.116. The summed E-state index contributed by atoms with van der Waals surface area (Å²) in [6.45, 7) is 1.91. The molecule has 132 valence electrons. The number of fused-ring (bicyclic) bond motifs is 1. The Morgan fingerprint density at radius 2 is 1.92 bits per heavy atom. The molecule has 0 spiro atoms. The van der Waals surface area contributed by atoms with E-state index in [2.05, 4.69) is 10.0 Å². The van der Waals surface area contributed by atoms with Gasteiger partial charge < -0.3 is 5.32 Å². The van der Waals surface area contributed by atoms with E-state index in [4.69, 9.17) is 0 Å². The second-order valence-electron chi connectivity index (χ2n) is 5.57. The molecule has 1 heterocycles. The molecule has 1 atom stereocenters. The van der Waals surface area contributed by atoms with Gasteiger partial charge in [-0.3, -0.25) is 9.52 Å². The molecule has 0 fully saturated rings. The molecule has 1 aliphatic heterocycles. The summed E-state index contributed by atoms with van der Waals surface area (Å²) in [5.74, 6) is -2.41. The van der Waals surface area contributed by atoms with Gasteiger partial charge in [0.15, 0.2) is 11.6 Å². The molecule has 0 aliphatic carbocycles. The number of carbonyl (C=O) groups is 1. The summed E-state index contributed by atoms with van der Waals surface area (Å²) in [5.41, 5.74) is 0.313. The maximum Gasteiger partial charge on any atom is 0.261 e. The largest absolute Gasteiger partial charge is 0.325 e. The summed E-state index contributed by atoms with van der Waals surface area (Å²) in [5, 5.41) is 2.76. The molecule has 0 saturated carbocycles. The van der Waals surface area contributed by atoms with Crippen molar-refractivity contribution in [3.63, 3.8) is 0 Å². The van der Waals surface area contributed by atoms with E-state index >= 15 is 0 Å². The Hall–Kier alpha value is -2.13. The van der Waals surface area contributed by atoms with Crippen molar-refractivity contribution in [3.8, 4) is 0 Å². The van der Waals surface area contributed by atoms with E-state index in [0.717, 1.165) is 23.1 Å². The Morgan fingerprint density at radius 3 is 2.64 bits per heavy atom. The van der Waals surface area contributed by atoms with E-state index in [0.29, 0.717) is 12.1 Å². The zero-order valence-electron chi connectivity index (χ0n) is 13.0. The van der Waals surface area contributed by atoms with Gasteiger partial charge >= 0.3 is 0 Å². The molecule has 1 unspecified atom stereocenters. The van der Waals surface area contributed by atoms with Crippen molar-refractivity contribution in [2.75, 3.05) is 10.0 Å². The van der Waals surface area contributed by atoms with Gasteiger partial charge in [-0.25, -0.2) is 17.2 Å². The van der Waals surface area contributed by atoms with Gasteiger partial charge in [0.2, 0.25) is 5.91 Å². The number of carbonyl (C=O) groups excluding carboxylic acids is 1. The fourth-order valence-corrected chi connectivity index (χ4v) is 4.50. The number of hydrogen-bond acceptors (Lipinski definition) is 4. The van der Waals surface area contributed by atoms with Crippen LogP contribution in [0.25, 0.3) is 0 Å². The lowest BCUT2D eigenvalue weighted by Gasteiger charge is -2.12. The SMILES string of the molecule is CC1CC(=O)Nc2cc(S(=O)(=O)Nc3ccc(F)c(F)c3)ccc2S1. The molecule has 2 aromatic rings. The van der Waals surface area contributed by atoms with Crippen LogP contribution in [0.1, 0.15) is 13.3 Å². The molecule has 2 N–H and O–H groups in total. The number of benzene rings is 2. The number of hydrogen-bond donors (Lipinski definition) is 2. The number of rotatable bonds is 3. The van der Waals surface area contributed by atoms with Crippen LogP contribution in [0.4, 0.5) is 20.2 Å². The third kappa shape index (κ3) is 3.93. The molecule has 1 aliphatic rings. The third-order valence-electron chi connectivity index (χ3n) is 3.51. The van der Waals surface area contributed by atoms with Crippen molar-refractivity contribution >= 4 is 39.1 Å². The maximum absolute atomic E-state index is 13.2. The van der Waals surface area contributed by atoms with Gasteiger partial charge in [-0.2, -0.15) is 0 Å². The van der Waals surface area contributed by atoms with Crippen LogP contribution >= 0.6 is 11.8 Å². The molecule has 2 aromatic carbocycles. The molecular weight excluding hydrogens is 370 g/mol. The predicted octanol–water partition coefficient (Wildman–Crippen LogP) is 3.59. The Labute approximate surface area is 147 Å². The molecule has 3 rings (SSSR count). The summed E-state index contributed by atoms with van der Waals surface area (Å²) in [4.78, 5) is 12.5. The van der Waals surface area contributed by atoms with Crippen molar-refractivity contribution in [1.29, 1.82) is 0 Å². The number of thioether (sulfide) groups is 1. The van der Waals surface area contributed by atoms with Crippen LogP contribution in [0.3, 0.4) is 0 Å². The highest BCUT2D eigenvalue weighted by Gasteiger charge is 2.22. The highest BCUT2D eigenvalue weighted by Crippen LogP contribution is 2.36. The van der Waals surface area contributed by atoms with Crippen LogP contribution in [-0.4, -0.2) is 19.6 Å². The van der Waals surface area contributed by atoms with E-state index in [1.807, 2.05) is 6.92 Å². The fraction of sp³-hybridized carbons (Fsp3) is 0.188. The van der Waals surface area contributed by atoms with Crippen LogP contribution in [-0.2, 0) is 14.8 Å². The first-order chi connectivity index (χ1) is 11.7. The monoisotopic (exact) mass is 384 g/mol. The van der Waals surface area contributed by atoms with Crippen LogP contribution < -0.4 is 10.0 Å². The van der Waals surface area contributed by atoms with E-state index < -0.39 is 21.7 Å². The summed E-state index contributed by atoms with van der Waals surface area (Å²) in [6, 6.07) is 7.08. The van der Waals surface area contributed by atoms with Crippen LogP contribution in [0.5, 0.6) is 0 Å². The second-order valence-corrected chi connectivity index (χ2v) is 8.74. The van der Waals surface area contributed by atoms with Crippen molar-refractivity contribution in [2.45, 2.75) is 28.4 Å². The van der Waals surface area contributed by atoms with E-state index in [1.165, 1.54) is 23.9 Å². The van der Waals surface area contributed by atoms with E-state index in [1.54, 1.807) is 6.07 Å².